The maximum atomic E-state index is 12.2. The Kier molecular flexibility index (Phi) is 3.56. The van der Waals surface area contributed by atoms with E-state index < -0.39 is 0 Å². The molecule has 1 saturated heterocycles. The zero-order valence-corrected chi connectivity index (χ0v) is 10.6. The van der Waals surface area contributed by atoms with Crippen LogP contribution >= 0.6 is 0 Å². The van der Waals surface area contributed by atoms with Crippen LogP contribution in [0.1, 0.15) is 30.7 Å². The summed E-state index contributed by atoms with van der Waals surface area (Å²) >= 11 is 0. The number of piperidine rings is 1. The Morgan fingerprint density at radius 2 is 2.11 bits per heavy atom. The van der Waals surface area contributed by atoms with E-state index in [0.717, 1.165) is 31.6 Å². The van der Waals surface area contributed by atoms with E-state index in [0.29, 0.717) is 11.4 Å². The number of nitrogens with zero attached hydrogens (tertiary/aromatic N) is 3. The quantitative estimate of drug-likeness (QED) is 0.853. The summed E-state index contributed by atoms with van der Waals surface area (Å²) in [5.74, 6) is 0.0740. The van der Waals surface area contributed by atoms with Gasteiger partial charge < -0.3 is 15.2 Å². The van der Waals surface area contributed by atoms with E-state index in [1.807, 2.05) is 11.8 Å². The lowest BCUT2D eigenvalue weighted by Gasteiger charge is -2.27. The minimum atomic E-state index is 0.0740. The molecule has 5 nitrogen and oxygen atoms in total. The second-order valence-corrected chi connectivity index (χ2v) is 4.71. The molecule has 0 saturated carbocycles. The summed E-state index contributed by atoms with van der Waals surface area (Å²) < 4.78 is 1.70. The predicted molar refractivity (Wildman–Crippen MR) is 68.7 cm³/mol. The van der Waals surface area contributed by atoms with E-state index in [1.165, 1.54) is 6.42 Å². The van der Waals surface area contributed by atoms with Crippen molar-refractivity contribution >= 4 is 11.6 Å². The van der Waals surface area contributed by atoms with Crippen LogP contribution in [-0.4, -0.2) is 28.5 Å². The van der Waals surface area contributed by atoms with Crippen LogP contribution < -0.4 is 5.73 Å². The molecule has 0 unspecified atom stereocenters. The average molecular weight is 246 g/mol. The monoisotopic (exact) mass is 246 g/mol. The van der Waals surface area contributed by atoms with E-state index >= 15 is 0 Å². The van der Waals surface area contributed by atoms with Crippen molar-refractivity contribution in [3.8, 4) is 6.07 Å². The molecule has 1 aliphatic heterocycles. The van der Waals surface area contributed by atoms with E-state index in [4.69, 9.17) is 11.0 Å². The smallest absolute Gasteiger partial charge is 0.242 e. The van der Waals surface area contributed by atoms with Gasteiger partial charge in [0.2, 0.25) is 5.91 Å². The SMILES string of the molecule is Cc1c(N)cc(C#N)n1CC(=O)N1CCCCC1. The van der Waals surface area contributed by atoms with E-state index in [-0.39, 0.29) is 12.5 Å². The minimum Gasteiger partial charge on any atom is -0.397 e. The zero-order valence-electron chi connectivity index (χ0n) is 10.6. The number of aromatic nitrogens is 1. The number of hydrogen-bond donors (Lipinski definition) is 1. The maximum absolute atomic E-state index is 12.2. The number of carbonyl (C=O) groups excluding carboxylic acids is 1. The van der Waals surface area contributed by atoms with Gasteiger partial charge in [-0.15, -0.1) is 0 Å². The number of amides is 1. The van der Waals surface area contributed by atoms with Crippen molar-refractivity contribution in [1.82, 2.24) is 9.47 Å². The normalized spacial score (nSPS) is 15.4. The number of nitrogen functional groups attached to an aromatic ring is 1. The molecule has 0 aliphatic carbocycles. The number of carbonyl (C=O) groups is 1. The van der Waals surface area contributed by atoms with Crippen LogP contribution in [0.4, 0.5) is 5.69 Å². The number of likely N-dealkylation sites (tertiary alicyclic amines) is 1. The molecule has 2 N–H and O–H groups in total. The molecule has 0 atom stereocenters. The minimum absolute atomic E-state index is 0.0740. The summed E-state index contributed by atoms with van der Waals surface area (Å²) in [6, 6.07) is 3.70. The number of nitrogens with two attached hydrogens (primary N) is 1. The topological polar surface area (TPSA) is 75.0 Å². The summed E-state index contributed by atoms with van der Waals surface area (Å²) in [6.07, 6.45) is 3.34. The highest BCUT2D eigenvalue weighted by atomic mass is 16.2. The molecule has 2 heterocycles. The molecular formula is C13H18N4O. The molecule has 18 heavy (non-hydrogen) atoms. The van der Waals surface area contributed by atoms with Crippen LogP contribution in [0.15, 0.2) is 6.07 Å². The van der Waals surface area contributed by atoms with Crippen molar-refractivity contribution in [2.75, 3.05) is 18.8 Å². The van der Waals surface area contributed by atoms with Crippen molar-refractivity contribution in [2.24, 2.45) is 0 Å². The van der Waals surface area contributed by atoms with Crippen molar-refractivity contribution < 1.29 is 4.79 Å². The van der Waals surface area contributed by atoms with E-state index in [9.17, 15) is 4.79 Å². The summed E-state index contributed by atoms with van der Waals surface area (Å²) in [6.45, 7) is 3.71. The highest BCUT2D eigenvalue weighted by Gasteiger charge is 2.19. The molecule has 96 valence electrons. The molecule has 1 aromatic rings. The molecule has 0 spiro atoms. The molecular weight excluding hydrogens is 228 g/mol. The molecule has 0 radical (unpaired) electrons. The average Bonchev–Trinajstić information content (AvgIpc) is 2.67. The van der Waals surface area contributed by atoms with Crippen LogP contribution in [0.3, 0.4) is 0 Å². The number of nitriles is 1. The fourth-order valence-corrected chi connectivity index (χ4v) is 2.34. The Balaban J connectivity index is 2.13. The van der Waals surface area contributed by atoms with Gasteiger partial charge in [0.15, 0.2) is 0 Å². The number of rotatable bonds is 2. The van der Waals surface area contributed by atoms with Crippen molar-refractivity contribution in [3.63, 3.8) is 0 Å². The lowest BCUT2D eigenvalue weighted by molar-refractivity contribution is -0.132. The fourth-order valence-electron chi connectivity index (χ4n) is 2.34. The van der Waals surface area contributed by atoms with Gasteiger partial charge in [0.25, 0.3) is 0 Å². The lowest BCUT2D eigenvalue weighted by atomic mass is 10.1. The summed E-state index contributed by atoms with van der Waals surface area (Å²) in [5.41, 5.74) is 7.58. The third kappa shape index (κ3) is 2.33. The lowest BCUT2D eigenvalue weighted by Crippen LogP contribution is -2.38. The van der Waals surface area contributed by atoms with Gasteiger partial charge >= 0.3 is 0 Å². The Bertz CT molecular complexity index is 492. The van der Waals surface area contributed by atoms with E-state index in [2.05, 4.69) is 6.07 Å². The predicted octanol–water partition coefficient (Wildman–Crippen LogP) is 1.26. The first-order valence-corrected chi connectivity index (χ1v) is 6.27. The fraction of sp³-hybridized carbons (Fsp3) is 0.538. The Hall–Kier alpha value is -1.96. The largest absolute Gasteiger partial charge is 0.397 e. The second kappa shape index (κ2) is 5.13. The summed E-state index contributed by atoms with van der Waals surface area (Å²) in [7, 11) is 0. The van der Waals surface area contributed by atoms with Crippen molar-refractivity contribution in [2.45, 2.75) is 32.7 Å². The van der Waals surface area contributed by atoms with E-state index in [1.54, 1.807) is 10.6 Å². The molecule has 1 amide bonds. The molecule has 0 bridgehead atoms. The molecule has 0 aromatic carbocycles. The third-order valence-electron chi connectivity index (χ3n) is 3.52. The second-order valence-electron chi connectivity index (χ2n) is 4.71. The number of hydrogen-bond acceptors (Lipinski definition) is 3. The Morgan fingerprint density at radius 3 is 2.72 bits per heavy atom. The molecule has 1 aromatic heterocycles. The molecule has 2 rings (SSSR count). The van der Waals surface area contributed by atoms with Crippen LogP contribution in [-0.2, 0) is 11.3 Å². The van der Waals surface area contributed by atoms with Gasteiger partial charge in [0.05, 0.1) is 5.69 Å². The first-order valence-electron chi connectivity index (χ1n) is 6.27. The first-order chi connectivity index (χ1) is 8.63. The highest BCUT2D eigenvalue weighted by molar-refractivity contribution is 5.76. The van der Waals surface area contributed by atoms with Gasteiger partial charge in [-0.3, -0.25) is 4.79 Å². The summed E-state index contributed by atoms with van der Waals surface area (Å²) in [4.78, 5) is 14.0. The zero-order chi connectivity index (χ0) is 13.1. The highest BCUT2D eigenvalue weighted by Crippen LogP contribution is 2.18. The van der Waals surface area contributed by atoms with Crippen LogP contribution in [0.25, 0.3) is 0 Å². The maximum Gasteiger partial charge on any atom is 0.242 e. The number of anilines is 1. The van der Waals surface area contributed by atoms with Crippen molar-refractivity contribution in [1.29, 1.82) is 5.26 Å². The van der Waals surface area contributed by atoms with Gasteiger partial charge in [-0.25, -0.2) is 0 Å². The standard InChI is InChI=1S/C13H18N4O/c1-10-12(15)7-11(8-14)17(10)9-13(18)16-5-3-2-4-6-16/h7H,2-6,9,15H2,1H3. The molecule has 5 heteroatoms. The van der Waals surface area contributed by atoms with Gasteiger partial charge in [0, 0.05) is 18.8 Å². The Labute approximate surface area is 107 Å². The van der Waals surface area contributed by atoms with Gasteiger partial charge in [-0.2, -0.15) is 5.26 Å². The van der Waals surface area contributed by atoms with Crippen LogP contribution in [0.5, 0.6) is 0 Å². The van der Waals surface area contributed by atoms with Gasteiger partial charge in [0.1, 0.15) is 18.3 Å². The van der Waals surface area contributed by atoms with Gasteiger partial charge in [-0.1, -0.05) is 0 Å². The first kappa shape index (κ1) is 12.5. The van der Waals surface area contributed by atoms with Crippen LogP contribution in [0.2, 0.25) is 0 Å². The molecule has 1 aliphatic rings. The van der Waals surface area contributed by atoms with Crippen molar-refractivity contribution in [3.05, 3.63) is 17.5 Å². The van der Waals surface area contributed by atoms with Gasteiger partial charge in [-0.05, 0) is 32.3 Å². The molecule has 1 fully saturated rings. The summed E-state index contributed by atoms with van der Waals surface area (Å²) in [5, 5.41) is 9.03. The van der Waals surface area contributed by atoms with Crippen LogP contribution in [0, 0.1) is 18.3 Å². The Morgan fingerprint density at radius 1 is 1.44 bits per heavy atom. The third-order valence-corrected chi connectivity index (χ3v) is 3.52.